The summed E-state index contributed by atoms with van der Waals surface area (Å²) in [6.45, 7) is 9.32. The van der Waals surface area contributed by atoms with E-state index in [1.165, 1.54) is 0 Å². The summed E-state index contributed by atoms with van der Waals surface area (Å²) in [5, 5.41) is 2.62. The highest BCUT2D eigenvalue weighted by molar-refractivity contribution is 5.84. The summed E-state index contributed by atoms with van der Waals surface area (Å²) in [5.74, 6) is 0.542. The predicted molar refractivity (Wildman–Crippen MR) is 63.6 cm³/mol. The molecule has 0 atom stereocenters. The molecule has 0 aliphatic heterocycles. The maximum atomic E-state index is 11.5. The maximum absolute atomic E-state index is 11.5. The first-order chi connectivity index (χ1) is 7.28. The van der Waals surface area contributed by atoms with Gasteiger partial charge in [-0.2, -0.15) is 0 Å². The molecule has 0 saturated carbocycles. The van der Waals surface area contributed by atoms with Gasteiger partial charge in [0.25, 0.3) is 0 Å². The summed E-state index contributed by atoms with van der Waals surface area (Å²) in [5.41, 5.74) is 1.49. The summed E-state index contributed by atoms with van der Waals surface area (Å²) < 4.78 is 5.14. The van der Waals surface area contributed by atoms with E-state index in [0.717, 1.165) is 11.1 Å². The van der Waals surface area contributed by atoms with Crippen molar-refractivity contribution < 1.29 is 9.53 Å². The molecule has 0 aliphatic rings. The van der Waals surface area contributed by atoms with Crippen LogP contribution >= 0.6 is 0 Å². The molecule has 0 fully saturated rings. The second-order valence-electron chi connectivity index (χ2n) is 4.81. The number of rotatable bonds is 1. The highest BCUT2D eigenvalue weighted by Crippen LogP contribution is 2.14. The number of aromatic nitrogens is 1. The third kappa shape index (κ3) is 3.88. The SMILES string of the molecule is Cc1cnc(NC(=O)OC(C)(C)C)c(C)c1. The molecule has 0 unspecified atom stereocenters. The topological polar surface area (TPSA) is 51.2 Å². The molecule has 1 heterocycles. The fraction of sp³-hybridized carbons (Fsp3) is 0.500. The molecule has 1 rings (SSSR count). The number of hydrogen-bond acceptors (Lipinski definition) is 3. The Labute approximate surface area is 96.0 Å². The molecular formula is C12H18N2O2. The number of anilines is 1. The van der Waals surface area contributed by atoms with Crippen LogP contribution in [0.25, 0.3) is 0 Å². The van der Waals surface area contributed by atoms with E-state index in [9.17, 15) is 4.79 Å². The van der Waals surface area contributed by atoms with Crippen LogP contribution in [-0.4, -0.2) is 16.7 Å². The minimum absolute atomic E-state index is 0.480. The van der Waals surface area contributed by atoms with Crippen molar-refractivity contribution in [3.05, 3.63) is 23.4 Å². The lowest BCUT2D eigenvalue weighted by Gasteiger charge is -2.19. The van der Waals surface area contributed by atoms with E-state index in [1.807, 2.05) is 40.7 Å². The van der Waals surface area contributed by atoms with Gasteiger partial charge in [0.05, 0.1) is 0 Å². The Kier molecular flexibility index (Phi) is 3.52. The van der Waals surface area contributed by atoms with Crippen molar-refractivity contribution in [2.75, 3.05) is 5.32 Å². The van der Waals surface area contributed by atoms with Crippen molar-refractivity contribution in [3.63, 3.8) is 0 Å². The fourth-order valence-corrected chi connectivity index (χ4v) is 1.25. The number of hydrogen-bond donors (Lipinski definition) is 1. The summed E-state index contributed by atoms with van der Waals surface area (Å²) >= 11 is 0. The van der Waals surface area contributed by atoms with Crippen LogP contribution in [0, 0.1) is 13.8 Å². The lowest BCUT2D eigenvalue weighted by Crippen LogP contribution is -2.27. The molecule has 0 radical (unpaired) electrons. The summed E-state index contributed by atoms with van der Waals surface area (Å²) in [6.07, 6.45) is 1.23. The fourth-order valence-electron chi connectivity index (χ4n) is 1.25. The van der Waals surface area contributed by atoms with E-state index < -0.39 is 11.7 Å². The minimum Gasteiger partial charge on any atom is -0.444 e. The normalized spacial score (nSPS) is 11.1. The van der Waals surface area contributed by atoms with Crippen LogP contribution < -0.4 is 5.32 Å². The standard InChI is InChI=1S/C12H18N2O2/c1-8-6-9(2)10(13-7-8)14-11(15)16-12(3,4)5/h6-7H,1-5H3,(H,13,14,15). The van der Waals surface area contributed by atoms with E-state index in [0.29, 0.717) is 5.82 Å². The smallest absolute Gasteiger partial charge is 0.413 e. The summed E-state index contributed by atoms with van der Waals surface area (Å²) in [7, 11) is 0. The van der Waals surface area contributed by atoms with E-state index in [-0.39, 0.29) is 0 Å². The number of ether oxygens (including phenoxy) is 1. The predicted octanol–water partition coefficient (Wildman–Crippen LogP) is 3.05. The van der Waals surface area contributed by atoms with Gasteiger partial charge in [0, 0.05) is 6.20 Å². The average molecular weight is 222 g/mol. The van der Waals surface area contributed by atoms with Crippen LogP contribution in [0.2, 0.25) is 0 Å². The molecule has 0 aliphatic carbocycles. The third-order valence-corrected chi connectivity index (χ3v) is 1.83. The summed E-state index contributed by atoms with van der Waals surface area (Å²) in [6, 6.07) is 1.96. The van der Waals surface area contributed by atoms with Gasteiger partial charge in [-0.15, -0.1) is 0 Å². The number of amides is 1. The molecule has 4 heteroatoms. The Morgan fingerprint density at radius 1 is 1.38 bits per heavy atom. The van der Waals surface area contributed by atoms with Crippen LogP contribution in [0.1, 0.15) is 31.9 Å². The molecule has 88 valence electrons. The Morgan fingerprint density at radius 3 is 2.50 bits per heavy atom. The van der Waals surface area contributed by atoms with E-state index in [4.69, 9.17) is 4.74 Å². The number of nitrogens with one attached hydrogen (secondary N) is 1. The van der Waals surface area contributed by atoms with Crippen molar-refractivity contribution in [1.82, 2.24) is 4.98 Å². The van der Waals surface area contributed by atoms with Gasteiger partial charge >= 0.3 is 6.09 Å². The maximum Gasteiger partial charge on any atom is 0.413 e. The van der Waals surface area contributed by atoms with Gasteiger partial charge in [-0.05, 0) is 45.7 Å². The van der Waals surface area contributed by atoms with Gasteiger partial charge < -0.3 is 4.74 Å². The van der Waals surface area contributed by atoms with Crippen LogP contribution in [-0.2, 0) is 4.74 Å². The van der Waals surface area contributed by atoms with Gasteiger partial charge in [0.1, 0.15) is 11.4 Å². The van der Waals surface area contributed by atoms with Crippen LogP contribution in [0.4, 0.5) is 10.6 Å². The van der Waals surface area contributed by atoms with E-state index in [2.05, 4.69) is 10.3 Å². The zero-order valence-corrected chi connectivity index (χ0v) is 10.4. The van der Waals surface area contributed by atoms with Gasteiger partial charge in [0.2, 0.25) is 0 Å². The van der Waals surface area contributed by atoms with Gasteiger partial charge in [-0.1, -0.05) is 6.07 Å². The molecule has 1 aromatic heterocycles. The number of pyridine rings is 1. The quantitative estimate of drug-likeness (QED) is 0.794. The second-order valence-corrected chi connectivity index (χ2v) is 4.81. The summed E-state index contributed by atoms with van der Waals surface area (Å²) in [4.78, 5) is 15.6. The lowest BCUT2D eigenvalue weighted by molar-refractivity contribution is 0.0635. The van der Waals surface area contributed by atoms with Gasteiger partial charge in [0.15, 0.2) is 0 Å². The van der Waals surface area contributed by atoms with Crippen LogP contribution in [0.5, 0.6) is 0 Å². The number of carbonyl (C=O) groups excluding carboxylic acids is 1. The zero-order valence-electron chi connectivity index (χ0n) is 10.4. The average Bonchev–Trinajstić information content (AvgIpc) is 2.06. The molecule has 4 nitrogen and oxygen atoms in total. The number of aryl methyl sites for hydroxylation is 2. The van der Waals surface area contributed by atoms with E-state index >= 15 is 0 Å². The molecule has 0 bridgehead atoms. The molecule has 16 heavy (non-hydrogen) atoms. The van der Waals surface area contributed by atoms with Crippen molar-refractivity contribution in [3.8, 4) is 0 Å². The first-order valence-electron chi connectivity index (χ1n) is 5.21. The number of carbonyl (C=O) groups is 1. The van der Waals surface area contributed by atoms with Gasteiger partial charge in [-0.25, -0.2) is 9.78 Å². The third-order valence-electron chi connectivity index (χ3n) is 1.83. The van der Waals surface area contributed by atoms with Crippen molar-refractivity contribution in [1.29, 1.82) is 0 Å². The monoisotopic (exact) mass is 222 g/mol. The Bertz CT molecular complexity index is 394. The van der Waals surface area contributed by atoms with Gasteiger partial charge in [-0.3, -0.25) is 5.32 Å². The molecular weight excluding hydrogens is 204 g/mol. The van der Waals surface area contributed by atoms with Crippen molar-refractivity contribution in [2.45, 2.75) is 40.2 Å². The Hall–Kier alpha value is -1.58. The lowest BCUT2D eigenvalue weighted by atomic mass is 10.2. The minimum atomic E-state index is -0.497. The zero-order chi connectivity index (χ0) is 12.3. The second kappa shape index (κ2) is 4.51. The highest BCUT2D eigenvalue weighted by Gasteiger charge is 2.16. The van der Waals surface area contributed by atoms with Crippen molar-refractivity contribution >= 4 is 11.9 Å². The highest BCUT2D eigenvalue weighted by atomic mass is 16.6. The van der Waals surface area contributed by atoms with Crippen LogP contribution in [0.15, 0.2) is 12.3 Å². The largest absolute Gasteiger partial charge is 0.444 e. The molecule has 1 N–H and O–H groups in total. The molecule has 1 aromatic rings. The van der Waals surface area contributed by atoms with E-state index in [1.54, 1.807) is 6.20 Å². The van der Waals surface area contributed by atoms with Crippen molar-refractivity contribution in [2.24, 2.45) is 0 Å². The molecule has 0 spiro atoms. The molecule has 0 aromatic carbocycles. The Balaban J connectivity index is 2.70. The first-order valence-corrected chi connectivity index (χ1v) is 5.21. The number of nitrogens with zero attached hydrogens (tertiary/aromatic N) is 1. The molecule has 1 amide bonds. The first kappa shape index (κ1) is 12.5. The van der Waals surface area contributed by atoms with Crippen LogP contribution in [0.3, 0.4) is 0 Å². The Morgan fingerprint density at radius 2 is 2.00 bits per heavy atom. The molecule has 0 saturated heterocycles.